The first-order chi connectivity index (χ1) is 6.20. The summed E-state index contributed by atoms with van der Waals surface area (Å²) in [5.41, 5.74) is 2.60. The van der Waals surface area contributed by atoms with Gasteiger partial charge in [0.2, 0.25) is 0 Å². The van der Waals surface area contributed by atoms with Gasteiger partial charge < -0.3 is 4.74 Å². The summed E-state index contributed by atoms with van der Waals surface area (Å²) in [4.78, 5) is 0. The standard InChI is InChI=1S/C11H17OP/c1-5-12-11-9(3)8(2)6-7-10(11)13-4/h6-7,13H,5H2,1-4H3. The zero-order valence-electron chi connectivity index (χ0n) is 8.77. The van der Waals surface area contributed by atoms with Gasteiger partial charge in [0, 0.05) is 5.30 Å². The number of aryl methyl sites for hydroxylation is 1. The first-order valence-corrected chi connectivity index (χ1v) is 6.11. The molecule has 0 aliphatic carbocycles. The molecular formula is C11H17OP. The predicted octanol–water partition coefficient (Wildman–Crippen LogP) is 2.64. The van der Waals surface area contributed by atoms with Crippen molar-refractivity contribution in [2.24, 2.45) is 0 Å². The Morgan fingerprint density at radius 2 is 2.00 bits per heavy atom. The molecular weight excluding hydrogens is 179 g/mol. The van der Waals surface area contributed by atoms with Crippen LogP contribution in [0.3, 0.4) is 0 Å². The van der Waals surface area contributed by atoms with Gasteiger partial charge in [0.1, 0.15) is 5.75 Å². The van der Waals surface area contributed by atoms with E-state index in [4.69, 9.17) is 4.74 Å². The van der Waals surface area contributed by atoms with E-state index in [1.807, 2.05) is 6.92 Å². The lowest BCUT2D eigenvalue weighted by Gasteiger charge is -2.13. The summed E-state index contributed by atoms with van der Waals surface area (Å²) < 4.78 is 5.65. The SMILES string of the molecule is CCOc1c(PC)ccc(C)c1C. The average Bonchev–Trinajstić information content (AvgIpc) is 2.14. The van der Waals surface area contributed by atoms with Gasteiger partial charge in [0.15, 0.2) is 0 Å². The minimum Gasteiger partial charge on any atom is -0.493 e. The van der Waals surface area contributed by atoms with Gasteiger partial charge in [0.05, 0.1) is 6.61 Å². The van der Waals surface area contributed by atoms with Crippen molar-refractivity contribution in [3.05, 3.63) is 23.3 Å². The number of benzene rings is 1. The van der Waals surface area contributed by atoms with E-state index >= 15 is 0 Å². The minimum absolute atomic E-state index is 0.752. The summed E-state index contributed by atoms with van der Waals surface area (Å²) in [6.07, 6.45) is 0. The molecule has 0 bridgehead atoms. The molecule has 0 N–H and O–H groups in total. The van der Waals surface area contributed by atoms with Crippen molar-refractivity contribution in [1.82, 2.24) is 0 Å². The molecule has 1 rings (SSSR count). The smallest absolute Gasteiger partial charge is 0.129 e. The third-order valence-electron chi connectivity index (χ3n) is 2.23. The molecule has 0 saturated heterocycles. The lowest BCUT2D eigenvalue weighted by atomic mass is 10.1. The molecule has 1 atom stereocenters. The summed E-state index contributed by atoms with van der Waals surface area (Å²) >= 11 is 0. The fourth-order valence-electron chi connectivity index (χ4n) is 1.32. The minimum atomic E-state index is 0.752. The number of hydrogen-bond donors (Lipinski definition) is 0. The Bertz CT molecular complexity index is 294. The molecule has 1 unspecified atom stereocenters. The van der Waals surface area contributed by atoms with E-state index in [1.165, 1.54) is 16.4 Å². The van der Waals surface area contributed by atoms with Crippen LogP contribution < -0.4 is 10.0 Å². The third-order valence-corrected chi connectivity index (χ3v) is 3.17. The highest BCUT2D eigenvalue weighted by molar-refractivity contribution is 7.46. The van der Waals surface area contributed by atoms with Crippen LogP contribution in [-0.2, 0) is 0 Å². The second-order valence-electron chi connectivity index (χ2n) is 3.07. The van der Waals surface area contributed by atoms with Crippen molar-refractivity contribution in [2.75, 3.05) is 13.3 Å². The highest BCUT2D eigenvalue weighted by Crippen LogP contribution is 2.23. The van der Waals surface area contributed by atoms with Crippen LogP contribution in [0.2, 0.25) is 0 Å². The number of hydrogen-bond acceptors (Lipinski definition) is 1. The van der Waals surface area contributed by atoms with Crippen molar-refractivity contribution < 1.29 is 4.74 Å². The monoisotopic (exact) mass is 196 g/mol. The first-order valence-electron chi connectivity index (χ1n) is 4.61. The molecule has 0 amide bonds. The van der Waals surface area contributed by atoms with E-state index in [2.05, 4.69) is 32.6 Å². The number of rotatable bonds is 3. The van der Waals surface area contributed by atoms with E-state index in [9.17, 15) is 0 Å². The fourth-order valence-corrected chi connectivity index (χ4v) is 2.05. The van der Waals surface area contributed by atoms with Crippen molar-refractivity contribution in [1.29, 1.82) is 0 Å². The van der Waals surface area contributed by atoms with Crippen LogP contribution >= 0.6 is 8.58 Å². The molecule has 1 nitrogen and oxygen atoms in total. The molecule has 0 aromatic heterocycles. The molecule has 0 radical (unpaired) electrons. The second-order valence-corrected chi connectivity index (χ2v) is 4.11. The molecule has 0 fully saturated rings. The summed E-state index contributed by atoms with van der Waals surface area (Å²) in [7, 11) is 0.806. The molecule has 0 aliphatic rings. The molecule has 1 aromatic carbocycles. The first kappa shape index (κ1) is 10.5. The molecule has 1 aromatic rings. The zero-order chi connectivity index (χ0) is 9.84. The maximum Gasteiger partial charge on any atom is 0.129 e. The molecule has 13 heavy (non-hydrogen) atoms. The van der Waals surface area contributed by atoms with Crippen LogP contribution in [0.25, 0.3) is 0 Å². The summed E-state index contributed by atoms with van der Waals surface area (Å²) in [5.74, 6) is 1.10. The summed E-state index contributed by atoms with van der Waals surface area (Å²) in [5, 5.41) is 1.34. The van der Waals surface area contributed by atoms with E-state index in [-0.39, 0.29) is 0 Å². The van der Waals surface area contributed by atoms with Crippen molar-refractivity contribution in [3.8, 4) is 5.75 Å². The van der Waals surface area contributed by atoms with E-state index in [0.29, 0.717) is 0 Å². The van der Waals surface area contributed by atoms with Crippen LogP contribution in [-0.4, -0.2) is 13.3 Å². The molecule has 0 heterocycles. The van der Waals surface area contributed by atoms with Gasteiger partial charge in [-0.15, -0.1) is 0 Å². The highest BCUT2D eigenvalue weighted by atomic mass is 31.1. The lowest BCUT2D eigenvalue weighted by molar-refractivity contribution is 0.340. The Morgan fingerprint density at radius 1 is 1.31 bits per heavy atom. The van der Waals surface area contributed by atoms with Gasteiger partial charge in [-0.25, -0.2) is 0 Å². The van der Waals surface area contributed by atoms with E-state index < -0.39 is 0 Å². The van der Waals surface area contributed by atoms with Crippen molar-refractivity contribution in [3.63, 3.8) is 0 Å². The van der Waals surface area contributed by atoms with Crippen molar-refractivity contribution in [2.45, 2.75) is 20.8 Å². The summed E-state index contributed by atoms with van der Waals surface area (Å²) in [6.45, 7) is 9.23. The van der Waals surface area contributed by atoms with Crippen LogP contribution in [0, 0.1) is 13.8 Å². The average molecular weight is 196 g/mol. The van der Waals surface area contributed by atoms with E-state index in [0.717, 1.165) is 20.9 Å². The molecule has 0 spiro atoms. The van der Waals surface area contributed by atoms with Crippen LogP contribution in [0.5, 0.6) is 5.75 Å². The van der Waals surface area contributed by atoms with Gasteiger partial charge >= 0.3 is 0 Å². The normalized spacial score (nSPS) is 11.1. The zero-order valence-corrected chi connectivity index (χ0v) is 9.77. The predicted molar refractivity (Wildman–Crippen MR) is 61.0 cm³/mol. The maximum atomic E-state index is 5.65. The largest absolute Gasteiger partial charge is 0.493 e. The summed E-state index contributed by atoms with van der Waals surface area (Å²) in [6, 6.07) is 4.34. The Balaban J connectivity index is 3.15. The Hall–Kier alpha value is -0.550. The Labute approximate surface area is 82.3 Å². The van der Waals surface area contributed by atoms with Gasteiger partial charge in [0.25, 0.3) is 0 Å². The Kier molecular flexibility index (Phi) is 3.74. The number of ether oxygens (including phenoxy) is 1. The molecule has 2 heteroatoms. The lowest BCUT2D eigenvalue weighted by Crippen LogP contribution is -2.06. The van der Waals surface area contributed by atoms with E-state index in [1.54, 1.807) is 0 Å². The highest BCUT2D eigenvalue weighted by Gasteiger charge is 2.06. The van der Waals surface area contributed by atoms with Gasteiger partial charge in [-0.05, 0) is 38.6 Å². The van der Waals surface area contributed by atoms with Crippen LogP contribution in [0.4, 0.5) is 0 Å². The Morgan fingerprint density at radius 3 is 2.54 bits per heavy atom. The topological polar surface area (TPSA) is 9.23 Å². The van der Waals surface area contributed by atoms with Crippen molar-refractivity contribution >= 4 is 13.9 Å². The molecule has 0 saturated carbocycles. The molecule has 72 valence electrons. The maximum absolute atomic E-state index is 5.65. The second kappa shape index (κ2) is 4.62. The third kappa shape index (κ3) is 2.22. The van der Waals surface area contributed by atoms with Gasteiger partial charge in [-0.2, -0.15) is 0 Å². The quantitative estimate of drug-likeness (QED) is 0.675. The molecule has 0 aliphatic heterocycles. The fraction of sp³-hybridized carbons (Fsp3) is 0.455. The van der Waals surface area contributed by atoms with Gasteiger partial charge in [-0.3, -0.25) is 0 Å². The van der Waals surface area contributed by atoms with Crippen LogP contribution in [0.1, 0.15) is 18.1 Å². The van der Waals surface area contributed by atoms with Crippen LogP contribution in [0.15, 0.2) is 12.1 Å². The van der Waals surface area contributed by atoms with Gasteiger partial charge in [-0.1, -0.05) is 20.7 Å².